The summed E-state index contributed by atoms with van der Waals surface area (Å²) in [6, 6.07) is 13.3. The maximum atomic E-state index is 5.97. The normalized spacial score (nSPS) is 21.8. The van der Waals surface area contributed by atoms with Crippen molar-refractivity contribution < 1.29 is 4.84 Å². The molecule has 0 saturated carbocycles. The quantitative estimate of drug-likeness (QED) is 0.814. The van der Waals surface area contributed by atoms with Gasteiger partial charge < -0.3 is 0 Å². The van der Waals surface area contributed by atoms with Gasteiger partial charge in [0, 0.05) is 17.8 Å². The second-order valence-electron chi connectivity index (χ2n) is 7.90. The van der Waals surface area contributed by atoms with E-state index in [2.05, 4.69) is 66.7 Å². The van der Waals surface area contributed by atoms with Crippen molar-refractivity contribution in [2.24, 2.45) is 0 Å². The molecular formula is C23H29N3O. The van der Waals surface area contributed by atoms with Crippen LogP contribution in [0, 0.1) is 13.8 Å². The Morgan fingerprint density at radius 2 is 1.74 bits per heavy atom. The first-order valence-corrected chi connectivity index (χ1v) is 9.91. The minimum Gasteiger partial charge on any atom is -0.293 e. The first-order valence-electron chi connectivity index (χ1n) is 9.91. The van der Waals surface area contributed by atoms with Gasteiger partial charge in [-0.3, -0.25) is 19.8 Å². The number of aryl methyl sites for hydroxylation is 2. The third-order valence-corrected chi connectivity index (χ3v) is 5.86. The van der Waals surface area contributed by atoms with Crippen molar-refractivity contribution in [3.8, 4) is 0 Å². The van der Waals surface area contributed by atoms with Crippen LogP contribution in [0.15, 0.2) is 54.9 Å². The van der Waals surface area contributed by atoms with Crippen molar-refractivity contribution in [2.45, 2.75) is 45.2 Å². The summed E-state index contributed by atoms with van der Waals surface area (Å²) in [5.74, 6) is 0.570. The van der Waals surface area contributed by atoms with Crippen molar-refractivity contribution in [1.29, 1.82) is 0 Å². The molecule has 2 aliphatic rings. The molecule has 27 heavy (non-hydrogen) atoms. The van der Waals surface area contributed by atoms with E-state index in [4.69, 9.17) is 4.84 Å². The Balaban J connectivity index is 1.33. The summed E-state index contributed by atoms with van der Waals surface area (Å²) >= 11 is 0. The standard InChI is InChI=1S/C23H29N3O/c1-17-4-7-20(8-5-17)15-26-19(3)23(16-27-26)25-12-10-21(11-13-25)22-9-6-18(2)14-24-22/h4-9,14,21,23H,3,10-13,15-16H2,1-2H3. The molecule has 1 aromatic carbocycles. The lowest BCUT2D eigenvalue weighted by Crippen LogP contribution is -2.42. The van der Waals surface area contributed by atoms with Crippen molar-refractivity contribution >= 4 is 0 Å². The van der Waals surface area contributed by atoms with Gasteiger partial charge in [0.15, 0.2) is 0 Å². The van der Waals surface area contributed by atoms with Gasteiger partial charge in [0.25, 0.3) is 0 Å². The number of likely N-dealkylation sites (tertiary alicyclic amines) is 1. The van der Waals surface area contributed by atoms with Gasteiger partial charge in [0.2, 0.25) is 0 Å². The third kappa shape index (κ3) is 4.07. The molecule has 4 rings (SSSR count). The van der Waals surface area contributed by atoms with E-state index in [0.29, 0.717) is 18.6 Å². The first-order chi connectivity index (χ1) is 13.1. The van der Waals surface area contributed by atoms with E-state index in [1.807, 2.05) is 11.3 Å². The summed E-state index contributed by atoms with van der Waals surface area (Å²) in [5.41, 5.74) is 6.09. The minimum absolute atomic E-state index is 0.294. The number of hydrogen-bond acceptors (Lipinski definition) is 4. The monoisotopic (exact) mass is 363 g/mol. The van der Waals surface area contributed by atoms with Gasteiger partial charge in [0.05, 0.1) is 24.9 Å². The van der Waals surface area contributed by atoms with E-state index in [1.54, 1.807) is 0 Å². The van der Waals surface area contributed by atoms with Crippen LogP contribution in [0.1, 0.15) is 41.1 Å². The molecule has 0 spiro atoms. The van der Waals surface area contributed by atoms with Crippen LogP contribution >= 0.6 is 0 Å². The van der Waals surface area contributed by atoms with Crippen molar-refractivity contribution in [3.05, 3.63) is 77.3 Å². The molecule has 2 aromatic rings. The van der Waals surface area contributed by atoms with E-state index in [-0.39, 0.29) is 0 Å². The zero-order valence-corrected chi connectivity index (χ0v) is 16.4. The molecular weight excluding hydrogens is 334 g/mol. The van der Waals surface area contributed by atoms with Gasteiger partial charge in [-0.1, -0.05) is 42.5 Å². The molecule has 1 aromatic heterocycles. The van der Waals surface area contributed by atoms with E-state index in [0.717, 1.165) is 38.2 Å². The SMILES string of the molecule is C=C1C(N2CCC(c3ccc(C)cn3)CC2)CON1Cc1ccc(C)cc1. The highest BCUT2D eigenvalue weighted by Gasteiger charge is 2.34. The lowest BCUT2D eigenvalue weighted by molar-refractivity contribution is -0.100. The van der Waals surface area contributed by atoms with Crippen molar-refractivity contribution in [3.63, 3.8) is 0 Å². The molecule has 0 radical (unpaired) electrons. The summed E-state index contributed by atoms with van der Waals surface area (Å²) in [6.07, 6.45) is 4.28. The fourth-order valence-electron chi connectivity index (χ4n) is 4.06. The fraction of sp³-hybridized carbons (Fsp3) is 0.435. The van der Waals surface area contributed by atoms with Gasteiger partial charge in [-0.2, -0.15) is 0 Å². The van der Waals surface area contributed by atoms with Gasteiger partial charge >= 0.3 is 0 Å². The fourth-order valence-corrected chi connectivity index (χ4v) is 4.06. The van der Waals surface area contributed by atoms with Crippen molar-refractivity contribution in [1.82, 2.24) is 14.9 Å². The van der Waals surface area contributed by atoms with Crippen LogP contribution in [0.2, 0.25) is 0 Å². The molecule has 0 amide bonds. The average molecular weight is 364 g/mol. The molecule has 2 saturated heterocycles. The van der Waals surface area contributed by atoms with E-state index < -0.39 is 0 Å². The van der Waals surface area contributed by atoms with E-state index in [9.17, 15) is 0 Å². The second kappa shape index (κ2) is 7.83. The lowest BCUT2D eigenvalue weighted by Gasteiger charge is -2.35. The number of benzene rings is 1. The summed E-state index contributed by atoms with van der Waals surface area (Å²) in [7, 11) is 0. The number of aromatic nitrogens is 1. The summed E-state index contributed by atoms with van der Waals surface area (Å²) < 4.78 is 0. The molecule has 2 aliphatic heterocycles. The largest absolute Gasteiger partial charge is 0.293 e. The molecule has 2 fully saturated rings. The number of hydroxylamine groups is 2. The van der Waals surface area contributed by atoms with Crippen LogP contribution in [0.5, 0.6) is 0 Å². The molecule has 0 bridgehead atoms. The highest BCUT2D eigenvalue weighted by molar-refractivity contribution is 5.22. The molecule has 4 heteroatoms. The molecule has 4 nitrogen and oxygen atoms in total. The molecule has 3 heterocycles. The Morgan fingerprint density at radius 3 is 2.41 bits per heavy atom. The smallest absolute Gasteiger partial charge is 0.0960 e. The highest BCUT2D eigenvalue weighted by Crippen LogP contribution is 2.31. The van der Waals surface area contributed by atoms with Gasteiger partial charge in [0.1, 0.15) is 0 Å². The zero-order chi connectivity index (χ0) is 18.8. The highest BCUT2D eigenvalue weighted by atomic mass is 16.7. The number of piperidine rings is 1. The number of rotatable bonds is 4. The van der Waals surface area contributed by atoms with E-state index in [1.165, 1.54) is 22.4 Å². The van der Waals surface area contributed by atoms with Crippen LogP contribution in [-0.2, 0) is 11.4 Å². The van der Waals surface area contributed by atoms with E-state index >= 15 is 0 Å². The zero-order valence-electron chi connectivity index (χ0n) is 16.4. The molecule has 0 aliphatic carbocycles. The van der Waals surface area contributed by atoms with Crippen LogP contribution in [0.4, 0.5) is 0 Å². The summed E-state index contributed by atoms with van der Waals surface area (Å²) in [5, 5.41) is 1.98. The van der Waals surface area contributed by atoms with Crippen LogP contribution < -0.4 is 0 Å². The van der Waals surface area contributed by atoms with Crippen LogP contribution in [0.3, 0.4) is 0 Å². The Kier molecular flexibility index (Phi) is 5.28. The Bertz CT molecular complexity index is 776. The maximum Gasteiger partial charge on any atom is 0.0960 e. The van der Waals surface area contributed by atoms with Crippen LogP contribution in [0.25, 0.3) is 0 Å². The van der Waals surface area contributed by atoms with Crippen LogP contribution in [-0.4, -0.2) is 40.7 Å². The molecule has 142 valence electrons. The third-order valence-electron chi connectivity index (χ3n) is 5.86. The lowest BCUT2D eigenvalue weighted by atomic mass is 9.92. The average Bonchev–Trinajstić information content (AvgIpc) is 3.05. The number of nitrogens with zero attached hydrogens (tertiary/aromatic N) is 3. The van der Waals surface area contributed by atoms with Crippen molar-refractivity contribution in [2.75, 3.05) is 19.7 Å². The maximum absolute atomic E-state index is 5.97. The molecule has 1 unspecified atom stereocenters. The molecule has 0 N–H and O–H groups in total. The second-order valence-corrected chi connectivity index (χ2v) is 7.90. The Morgan fingerprint density at radius 1 is 1.04 bits per heavy atom. The number of pyridine rings is 1. The molecule has 1 atom stereocenters. The first kappa shape index (κ1) is 18.2. The van der Waals surface area contributed by atoms with Gasteiger partial charge in [-0.25, -0.2) is 0 Å². The summed E-state index contributed by atoms with van der Waals surface area (Å²) in [4.78, 5) is 13.1. The minimum atomic E-state index is 0.294. The predicted molar refractivity (Wildman–Crippen MR) is 108 cm³/mol. The van der Waals surface area contributed by atoms with Gasteiger partial charge in [-0.05, 0) is 57.0 Å². The summed E-state index contributed by atoms with van der Waals surface area (Å²) in [6.45, 7) is 12.2. The predicted octanol–water partition coefficient (Wildman–Crippen LogP) is 4.21. The Labute approximate surface area is 162 Å². The van der Waals surface area contributed by atoms with Gasteiger partial charge in [-0.15, -0.1) is 0 Å². The number of hydrogen-bond donors (Lipinski definition) is 0. The Hall–Kier alpha value is -2.17. The topological polar surface area (TPSA) is 28.6 Å².